The number of aryl methyl sites for hydroxylation is 1. The van der Waals surface area contributed by atoms with Crippen LogP contribution in [0, 0.1) is 6.92 Å². The highest BCUT2D eigenvalue weighted by atomic mass is 32.1. The predicted octanol–water partition coefficient (Wildman–Crippen LogP) is 2.81. The average molecular weight is 286 g/mol. The van der Waals surface area contributed by atoms with E-state index in [-0.39, 0.29) is 5.91 Å². The smallest absolute Gasteiger partial charge is 0.248 e. The van der Waals surface area contributed by atoms with Gasteiger partial charge in [-0.15, -0.1) is 11.3 Å². The van der Waals surface area contributed by atoms with Crippen LogP contribution in [0.5, 0.6) is 0 Å². The fourth-order valence-corrected chi connectivity index (χ4v) is 2.46. The van der Waals surface area contributed by atoms with Gasteiger partial charge in [0.1, 0.15) is 0 Å². The molecular formula is C15H14N2O2S. The monoisotopic (exact) mass is 286 g/mol. The van der Waals surface area contributed by atoms with E-state index < -0.39 is 5.91 Å². The lowest BCUT2D eigenvalue weighted by atomic mass is 10.2. The summed E-state index contributed by atoms with van der Waals surface area (Å²) in [7, 11) is 0. The average Bonchev–Trinajstić information content (AvgIpc) is 2.82. The number of amides is 2. The first kappa shape index (κ1) is 14.0. The highest BCUT2D eigenvalue weighted by Crippen LogP contribution is 2.17. The van der Waals surface area contributed by atoms with E-state index in [0.29, 0.717) is 11.3 Å². The van der Waals surface area contributed by atoms with Crippen molar-refractivity contribution in [3.05, 3.63) is 57.8 Å². The van der Waals surface area contributed by atoms with E-state index >= 15 is 0 Å². The zero-order valence-corrected chi connectivity index (χ0v) is 11.7. The molecule has 20 heavy (non-hydrogen) atoms. The van der Waals surface area contributed by atoms with Gasteiger partial charge in [-0.1, -0.05) is 6.07 Å². The van der Waals surface area contributed by atoms with Crippen LogP contribution < -0.4 is 11.1 Å². The summed E-state index contributed by atoms with van der Waals surface area (Å²) in [6.45, 7) is 1.99. The van der Waals surface area contributed by atoms with Crippen LogP contribution in [-0.2, 0) is 4.79 Å². The lowest BCUT2D eigenvalue weighted by molar-refractivity contribution is -0.111. The summed E-state index contributed by atoms with van der Waals surface area (Å²) in [5, 5.41) is 4.67. The summed E-state index contributed by atoms with van der Waals surface area (Å²) in [5.74, 6) is -0.773. The SMILES string of the molecule is Cc1ccsc1/C=C/C(=O)Nc1cccc(C(N)=O)c1. The molecule has 1 aromatic heterocycles. The summed E-state index contributed by atoms with van der Waals surface area (Å²) in [4.78, 5) is 23.9. The van der Waals surface area contributed by atoms with Crippen molar-refractivity contribution in [3.8, 4) is 0 Å². The molecule has 2 amide bonds. The highest BCUT2D eigenvalue weighted by molar-refractivity contribution is 7.11. The van der Waals surface area contributed by atoms with E-state index in [4.69, 9.17) is 5.73 Å². The van der Waals surface area contributed by atoms with Gasteiger partial charge in [0.15, 0.2) is 0 Å². The van der Waals surface area contributed by atoms with Crippen molar-refractivity contribution in [2.45, 2.75) is 6.92 Å². The van der Waals surface area contributed by atoms with Gasteiger partial charge in [-0.3, -0.25) is 9.59 Å². The largest absolute Gasteiger partial charge is 0.366 e. The molecule has 102 valence electrons. The molecule has 0 unspecified atom stereocenters. The Kier molecular flexibility index (Phi) is 4.32. The third-order valence-corrected chi connectivity index (χ3v) is 3.69. The molecule has 1 aromatic carbocycles. The molecule has 0 saturated heterocycles. The number of thiophene rings is 1. The number of carbonyl (C=O) groups excluding carboxylic acids is 2. The minimum atomic E-state index is -0.522. The van der Waals surface area contributed by atoms with Crippen LogP contribution in [0.2, 0.25) is 0 Å². The summed E-state index contributed by atoms with van der Waals surface area (Å²) in [6.07, 6.45) is 3.24. The number of benzene rings is 1. The molecule has 0 aliphatic heterocycles. The summed E-state index contributed by atoms with van der Waals surface area (Å²) in [6, 6.07) is 8.52. The second kappa shape index (κ2) is 6.16. The minimum absolute atomic E-state index is 0.251. The first-order chi connectivity index (χ1) is 9.56. The summed E-state index contributed by atoms with van der Waals surface area (Å²) in [5.41, 5.74) is 7.23. The first-order valence-electron chi connectivity index (χ1n) is 5.99. The zero-order valence-electron chi connectivity index (χ0n) is 10.9. The number of carbonyl (C=O) groups is 2. The molecule has 4 nitrogen and oxygen atoms in total. The van der Waals surface area contributed by atoms with Crippen LogP contribution in [0.25, 0.3) is 6.08 Å². The number of nitrogens with one attached hydrogen (secondary N) is 1. The van der Waals surface area contributed by atoms with Gasteiger partial charge in [0.25, 0.3) is 0 Å². The normalized spacial score (nSPS) is 10.7. The van der Waals surface area contributed by atoms with Crippen molar-refractivity contribution >= 4 is 34.9 Å². The molecule has 0 saturated carbocycles. The van der Waals surface area contributed by atoms with Crippen molar-refractivity contribution in [3.63, 3.8) is 0 Å². The number of anilines is 1. The van der Waals surface area contributed by atoms with Gasteiger partial charge in [-0.2, -0.15) is 0 Å². The summed E-state index contributed by atoms with van der Waals surface area (Å²) < 4.78 is 0. The Morgan fingerprint density at radius 2 is 2.10 bits per heavy atom. The Bertz CT molecular complexity index is 674. The van der Waals surface area contributed by atoms with Crippen molar-refractivity contribution in [1.29, 1.82) is 0 Å². The quantitative estimate of drug-likeness (QED) is 0.848. The molecule has 2 aromatic rings. The fraction of sp³-hybridized carbons (Fsp3) is 0.0667. The maximum atomic E-state index is 11.8. The van der Waals surface area contributed by atoms with Gasteiger partial charge < -0.3 is 11.1 Å². The molecule has 0 radical (unpaired) electrons. The van der Waals surface area contributed by atoms with E-state index in [2.05, 4.69) is 5.32 Å². The van der Waals surface area contributed by atoms with Crippen LogP contribution in [0.3, 0.4) is 0 Å². The van der Waals surface area contributed by atoms with Gasteiger partial charge in [-0.25, -0.2) is 0 Å². The van der Waals surface area contributed by atoms with Crippen LogP contribution in [-0.4, -0.2) is 11.8 Å². The molecule has 0 fully saturated rings. The van der Waals surface area contributed by atoms with Gasteiger partial charge in [0, 0.05) is 22.2 Å². The first-order valence-corrected chi connectivity index (χ1v) is 6.87. The molecule has 1 heterocycles. The summed E-state index contributed by atoms with van der Waals surface area (Å²) >= 11 is 1.58. The molecule has 2 rings (SSSR count). The molecule has 5 heteroatoms. The number of hydrogen-bond acceptors (Lipinski definition) is 3. The minimum Gasteiger partial charge on any atom is -0.366 e. The molecular weight excluding hydrogens is 272 g/mol. The van der Waals surface area contributed by atoms with E-state index in [9.17, 15) is 9.59 Å². The molecule has 0 aliphatic rings. The van der Waals surface area contributed by atoms with Gasteiger partial charge in [0.2, 0.25) is 11.8 Å². The third-order valence-electron chi connectivity index (χ3n) is 2.70. The maximum Gasteiger partial charge on any atom is 0.248 e. The number of primary amides is 1. The van der Waals surface area contributed by atoms with E-state index in [1.807, 2.05) is 18.4 Å². The van der Waals surface area contributed by atoms with Crippen molar-refractivity contribution in [2.24, 2.45) is 5.73 Å². The van der Waals surface area contributed by atoms with Crippen molar-refractivity contribution < 1.29 is 9.59 Å². The zero-order chi connectivity index (χ0) is 14.5. The van der Waals surface area contributed by atoms with E-state index in [0.717, 1.165) is 10.4 Å². The standard InChI is InChI=1S/C15H14N2O2S/c1-10-7-8-20-13(10)5-6-14(18)17-12-4-2-3-11(9-12)15(16)19/h2-9H,1H3,(H2,16,19)(H,17,18)/b6-5+. The number of nitrogens with two attached hydrogens (primary N) is 1. The molecule has 0 atom stereocenters. The Balaban J connectivity index is 2.05. The Labute approximate surface area is 120 Å². The predicted molar refractivity (Wildman–Crippen MR) is 81.7 cm³/mol. The van der Waals surface area contributed by atoms with Gasteiger partial charge >= 0.3 is 0 Å². The fourth-order valence-electron chi connectivity index (χ4n) is 1.64. The molecule has 3 N–H and O–H groups in total. The van der Waals surface area contributed by atoms with Crippen LogP contribution >= 0.6 is 11.3 Å². The Hall–Kier alpha value is -2.40. The van der Waals surface area contributed by atoms with Crippen LogP contribution in [0.4, 0.5) is 5.69 Å². The second-order valence-corrected chi connectivity index (χ2v) is 5.18. The van der Waals surface area contributed by atoms with Gasteiger partial charge in [0.05, 0.1) is 0 Å². The van der Waals surface area contributed by atoms with E-state index in [1.54, 1.807) is 41.7 Å². The van der Waals surface area contributed by atoms with Crippen molar-refractivity contribution in [2.75, 3.05) is 5.32 Å². The maximum absolute atomic E-state index is 11.8. The Morgan fingerprint density at radius 3 is 2.75 bits per heavy atom. The molecule has 0 aliphatic carbocycles. The lowest BCUT2D eigenvalue weighted by Gasteiger charge is -2.03. The van der Waals surface area contributed by atoms with E-state index in [1.165, 1.54) is 6.08 Å². The third kappa shape index (κ3) is 3.55. The molecule has 0 spiro atoms. The topological polar surface area (TPSA) is 72.2 Å². The van der Waals surface area contributed by atoms with Crippen LogP contribution in [0.1, 0.15) is 20.8 Å². The lowest BCUT2D eigenvalue weighted by Crippen LogP contribution is -2.12. The number of hydrogen-bond donors (Lipinski definition) is 2. The molecule has 0 bridgehead atoms. The Morgan fingerprint density at radius 1 is 1.30 bits per heavy atom. The van der Waals surface area contributed by atoms with Crippen molar-refractivity contribution in [1.82, 2.24) is 0 Å². The number of rotatable bonds is 4. The highest BCUT2D eigenvalue weighted by Gasteiger charge is 2.03. The van der Waals surface area contributed by atoms with Crippen LogP contribution in [0.15, 0.2) is 41.8 Å². The second-order valence-electron chi connectivity index (χ2n) is 4.24. The van der Waals surface area contributed by atoms with Gasteiger partial charge in [-0.05, 0) is 48.2 Å².